The molecule has 0 bridgehead atoms. The Balaban J connectivity index is 2.13. The van der Waals surface area contributed by atoms with Gasteiger partial charge in [0.2, 0.25) is 0 Å². The lowest BCUT2D eigenvalue weighted by Crippen LogP contribution is -2.48. The van der Waals surface area contributed by atoms with Crippen molar-refractivity contribution in [1.29, 1.82) is 0 Å². The number of hydrogen-bond acceptors (Lipinski definition) is 2. The molecule has 2 nitrogen and oxygen atoms in total. The Morgan fingerprint density at radius 2 is 2.40 bits per heavy atom. The number of nitrogens with one attached hydrogen (secondary N) is 1. The monoisotopic (exact) mass is 267 g/mol. The fourth-order valence-electron chi connectivity index (χ4n) is 2.77. The van der Waals surface area contributed by atoms with E-state index in [1.54, 1.807) is 0 Å². The lowest BCUT2D eigenvalue weighted by atomic mass is 9.80. The topological polar surface area (TPSA) is 21.3 Å². The van der Waals surface area contributed by atoms with Crippen LogP contribution < -0.4 is 10.1 Å². The lowest BCUT2D eigenvalue weighted by Gasteiger charge is -2.37. The van der Waals surface area contributed by atoms with Gasteiger partial charge in [0.25, 0.3) is 0 Å². The van der Waals surface area contributed by atoms with Crippen LogP contribution in [0.3, 0.4) is 0 Å². The summed E-state index contributed by atoms with van der Waals surface area (Å²) in [6.45, 7) is 4.12. The van der Waals surface area contributed by atoms with Gasteiger partial charge in [-0.3, -0.25) is 0 Å². The molecule has 0 radical (unpaired) electrons. The van der Waals surface area contributed by atoms with Crippen LogP contribution in [0.5, 0.6) is 5.75 Å². The van der Waals surface area contributed by atoms with Crippen molar-refractivity contribution >= 4 is 15.9 Å². The van der Waals surface area contributed by atoms with Gasteiger partial charge >= 0.3 is 0 Å². The van der Waals surface area contributed by atoms with E-state index in [1.165, 1.54) is 12.0 Å². The number of rotatable bonds is 0. The van der Waals surface area contributed by atoms with Crippen LogP contribution >= 0.6 is 15.9 Å². The summed E-state index contributed by atoms with van der Waals surface area (Å²) in [4.78, 5) is 0. The Morgan fingerprint density at radius 1 is 1.53 bits per heavy atom. The number of fused-ring (bicyclic) bond motifs is 3. The van der Waals surface area contributed by atoms with Gasteiger partial charge in [-0.15, -0.1) is 0 Å². The molecule has 2 heterocycles. The first kappa shape index (κ1) is 9.67. The van der Waals surface area contributed by atoms with E-state index in [-0.39, 0.29) is 5.54 Å². The highest BCUT2D eigenvalue weighted by molar-refractivity contribution is 9.10. The first-order valence-corrected chi connectivity index (χ1v) is 6.16. The summed E-state index contributed by atoms with van der Waals surface area (Å²) in [5.41, 5.74) is 1.48. The molecule has 2 atom stereocenters. The van der Waals surface area contributed by atoms with Gasteiger partial charge in [-0.1, -0.05) is 12.1 Å². The second kappa shape index (κ2) is 3.22. The SMILES string of the molecule is C[C@@]12COc3c(Br)cccc3[C@@H]1CCN2. The fourth-order valence-corrected chi connectivity index (χ4v) is 3.26. The Bertz CT molecular complexity index is 407. The van der Waals surface area contributed by atoms with Crippen molar-refractivity contribution in [2.75, 3.05) is 13.2 Å². The van der Waals surface area contributed by atoms with E-state index in [4.69, 9.17) is 4.74 Å². The predicted molar refractivity (Wildman–Crippen MR) is 63.4 cm³/mol. The average Bonchev–Trinajstić information content (AvgIpc) is 2.60. The molecule has 1 aromatic carbocycles. The highest BCUT2D eigenvalue weighted by Gasteiger charge is 2.44. The standard InChI is InChI=1S/C12H14BrNO/c1-12-7-15-11-8(3-2-4-10(11)13)9(12)5-6-14-12/h2-4,9,14H,5-7H2,1H3/t9-,12+/m0/s1. The summed E-state index contributed by atoms with van der Waals surface area (Å²) < 4.78 is 6.94. The zero-order valence-corrected chi connectivity index (χ0v) is 10.3. The van der Waals surface area contributed by atoms with Gasteiger partial charge in [0.15, 0.2) is 0 Å². The number of para-hydroxylation sites is 1. The van der Waals surface area contributed by atoms with Crippen LogP contribution in [-0.4, -0.2) is 18.7 Å². The molecule has 1 saturated heterocycles. The van der Waals surface area contributed by atoms with E-state index >= 15 is 0 Å². The van der Waals surface area contributed by atoms with Crippen LogP contribution in [0.4, 0.5) is 0 Å². The summed E-state index contributed by atoms with van der Waals surface area (Å²) in [6.07, 6.45) is 1.21. The van der Waals surface area contributed by atoms with Gasteiger partial charge in [0, 0.05) is 11.5 Å². The largest absolute Gasteiger partial charge is 0.490 e. The molecule has 0 saturated carbocycles. The van der Waals surface area contributed by atoms with Crippen molar-refractivity contribution in [3.8, 4) is 5.75 Å². The smallest absolute Gasteiger partial charge is 0.137 e. The fraction of sp³-hybridized carbons (Fsp3) is 0.500. The van der Waals surface area contributed by atoms with Crippen LogP contribution in [0.15, 0.2) is 22.7 Å². The van der Waals surface area contributed by atoms with Crippen LogP contribution in [0.25, 0.3) is 0 Å². The summed E-state index contributed by atoms with van der Waals surface area (Å²) in [5, 5.41) is 3.55. The van der Waals surface area contributed by atoms with Gasteiger partial charge in [-0.2, -0.15) is 0 Å². The third-order valence-corrected chi connectivity index (χ3v) is 4.24. The Labute approximate surface area is 98.1 Å². The second-order valence-electron chi connectivity index (χ2n) is 4.63. The van der Waals surface area contributed by atoms with E-state index in [0.29, 0.717) is 5.92 Å². The molecule has 0 spiro atoms. The molecule has 0 amide bonds. The minimum absolute atomic E-state index is 0.133. The highest BCUT2D eigenvalue weighted by atomic mass is 79.9. The molecule has 1 N–H and O–H groups in total. The molecule has 1 aromatic rings. The summed E-state index contributed by atoms with van der Waals surface area (Å²) in [6, 6.07) is 6.33. The molecular formula is C12H14BrNO. The molecule has 0 aliphatic carbocycles. The molecule has 0 unspecified atom stereocenters. The molecule has 15 heavy (non-hydrogen) atoms. The van der Waals surface area contributed by atoms with Gasteiger partial charge in [0.05, 0.1) is 10.0 Å². The van der Waals surface area contributed by atoms with Crippen LogP contribution in [-0.2, 0) is 0 Å². The summed E-state index contributed by atoms with van der Waals surface area (Å²) in [7, 11) is 0. The van der Waals surface area contributed by atoms with Crippen molar-refractivity contribution in [1.82, 2.24) is 5.32 Å². The number of halogens is 1. The predicted octanol–water partition coefficient (Wildman–Crippen LogP) is 2.68. The molecule has 3 heteroatoms. The van der Waals surface area contributed by atoms with Gasteiger partial charge in [-0.05, 0) is 41.9 Å². The van der Waals surface area contributed by atoms with Crippen molar-refractivity contribution in [2.45, 2.75) is 24.8 Å². The lowest BCUT2D eigenvalue weighted by molar-refractivity contribution is 0.169. The van der Waals surface area contributed by atoms with E-state index < -0.39 is 0 Å². The van der Waals surface area contributed by atoms with Gasteiger partial charge < -0.3 is 10.1 Å². The average molecular weight is 268 g/mol. The van der Waals surface area contributed by atoms with Gasteiger partial charge in [0.1, 0.15) is 12.4 Å². The number of ether oxygens (including phenoxy) is 1. The molecule has 2 aliphatic heterocycles. The maximum absolute atomic E-state index is 5.86. The Morgan fingerprint density at radius 3 is 3.27 bits per heavy atom. The number of hydrogen-bond donors (Lipinski definition) is 1. The molecule has 1 fully saturated rings. The van der Waals surface area contributed by atoms with E-state index in [0.717, 1.165) is 23.4 Å². The van der Waals surface area contributed by atoms with Crippen molar-refractivity contribution in [3.63, 3.8) is 0 Å². The molecular weight excluding hydrogens is 254 g/mol. The Kier molecular flexibility index (Phi) is 2.08. The zero-order chi connectivity index (χ0) is 10.5. The minimum atomic E-state index is 0.133. The summed E-state index contributed by atoms with van der Waals surface area (Å²) in [5.74, 6) is 1.64. The zero-order valence-electron chi connectivity index (χ0n) is 8.72. The first-order chi connectivity index (χ1) is 7.21. The summed E-state index contributed by atoms with van der Waals surface area (Å²) >= 11 is 3.55. The highest BCUT2D eigenvalue weighted by Crippen LogP contribution is 2.46. The van der Waals surface area contributed by atoms with Crippen molar-refractivity contribution in [3.05, 3.63) is 28.2 Å². The third kappa shape index (κ3) is 1.33. The van der Waals surface area contributed by atoms with Gasteiger partial charge in [-0.25, -0.2) is 0 Å². The minimum Gasteiger partial charge on any atom is -0.490 e. The molecule has 2 aliphatic rings. The van der Waals surface area contributed by atoms with E-state index in [9.17, 15) is 0 Å². The second-order valence-corrected chi connectivity index (χ2v) is 5.49. The van der Waals surface area contributed by atoms with Crippen molar-refractivity contribution < 1.29 is 4.74 Å². The maximum Gasteiger partial charge on any atom is 0.137 e. The molecule has 0 aromatic heterocycles. The third-order valence-electron chi connectivity index (χ3n) is 3.62. The van der Waals surface area contributed by atoms with Crippen LogP contribution in [0.2, 0.25) is 0 Å². The quantitative estimate of drug-likeness (QED) is 0.781. The van der Waals surface area contributed by atoms with Crippen LogP contribution in [0, 0.1) is 0 Å². The normalized spacial score (nSPS) is 33.1. The molecule has 80 valence electrons. The van der Waals surface area contributed by atoms with E-state index in [2.05, 4.69) is 40.3 Å². The first-order valence-electron chi connectivity index (χ1n) is 5.37. The number of benzene rings is 1. The molecule has 3 rings (SSSR count). The maximum atomic E-state index is 5.86. The van der Waals surface area contributed by atoms with E-state index in [1.807, 2.05) is 6.07 Å². The Hall–Kier alpha value is -0.540. The van der Waals surface area contributed by atoms with Crippen LogP contribution in [0.1, 0.15) is 24.8 Å². The van der Waals surface area contributed by atoms with Crippen molar-refractivity contribution in [2.24, 2.45) is 0 Å².